The van der Waals surface area contributed by atoms with Gasteiger partial charge in [-0.2, -0.15) is 0 Å². The van der Waals surface area contributed by atoms with Crippen LogP contribution in [0.5, 0.6) is 11.5 Å². The second-order valence-corrected chi connectivity index (χ2v) is 7.65. The first kappa shape index (κ1) is 28.3. The van der Waals surface area contributed by atoms with Gasteiger partial charge in [-0.1, -0.05) is 6.07 Å². The summed E-state index contributed by atoms with van der Waals surface area (Å²) in [4.78, 5) is 17.9. The number of rotatable bonds is 11. The number of nitrogens with zero attached hydrogens (tertiary/aromatic N) is 2. The third-order valence-corrected chi connectivity index (χ3v) is 4.96. The molecular formula is C23H39IN4O4. The number of amides is 1. The van der Waals surface area contributed by atoms with Crippen LogP contribution >= 0.6 is 24.0 Å². The number of aliphatic imine (C=N–C) groups is 1. The van der Waals surface area contributed by atoms with Crippen LogP contribution in [0.3, 0.4) is 0 Å². The molecule has 0 radical (unpaired) electrons. The van der Waals surface area contributed by atoms with Crippen molar-refractivity contribution in [2.75, 3.05) is 53.6 Å². The smallest absolute Gasteiger partial charge is 0.243 e. The van der Waals surface area contributed by atoms with E-state index in [1.54, 1.807) is 19.0 Å². The molecule has 8 nitrogen and oxygen atoms in total. The Morgan fingerprint density at radius 3 is 2.56 bits per heavy atom. The van der Waals surface area contributed by atoms with Crippen LogP contribution in [0, 0.1) is 0 Å². The largest absolute Gasteiger partial charge is 0.490 e. The number of carbonyl (C=O) groups excluding carboxylic acids is 1. The number of hydrogen-bond acceptors (Lipinski definition) is 5. The molecule has 2 N–H and O–H groups in total. The van der Waals surface area contributed by atoms with Crippen molar-refractivity contribution in [2.24, 2.45) is 4.99 Å². The maximum atomic E-state index is 11.9. The minimum Gasteiger partial charge on any atom is -0.490 e. The molecule has 32 heavy (non-hydrogen) atoms. The van der Waals surface area contributed by atoms with Gasteiger partial charge in [-0.3, -0.25) is 4.79 Å². The number of nitrogens with one attached hydrogen (secondary N) is 2. The van der Waals surface area contributed by atoms with Gasteiger partial charge in [0.15, 0.2) is 17.5 Å². The molecule has 1 aliphatic heterocycles. The van der Waals surface area contributed by atoms with Gasteiger partial charge in [0.2, 0.25) is 5.91 Å². The van der Waals surface area contributed by atoms with Crippen molar-refractivity contribution in [1.82, 2.24) is 15.5 Å². The highest BCUT2D eigenvalue weighted by Gasteiger charge is 2.14. The van der Waals surface area contributed by atoms with Crippen LogP contribution in [0.25, 0.3) is 0 Å². The minimum atomic E-state index is -0.0390. The molecule has 1 heterocycles. The van der Waals surface area contributed by atoms with Crippen molar-refractivity contribution in [3.05, 3.63) is 23.8 Å². The van der Waals surface area contributed by atoms with Crippen LogP contribution in [0.15, 0.2) is 23.2 Å². The Balaban J connectivity index is 0.00000512. The summed E-state index contributed by atoms with van der Waals surface area (Å²) in [5.41, 5.74) is 1.14. The number of carbonyl (C=O) groups is 1. The monoisotopic (exact) mass is 562 g/mol. The van der Waals surface area contributed by atoms with Crippen molar-refractivity contribution in [3.63, 3.8) is 0 Å². The molecule has 2 rings (SSSR count). The average molecular weight is 562 g/mol. The molecule has 1 atom stereocenters. The second-order valence-electron chi connectivity index (χ2n) is 7.65. The zero-order valence-electron chi connectivity index (χ0n) is 19.8. The Hall–Kier alpha value is -1.75. The van der Waals surface area contributed by atoms with Gasteiger partial charge in [-0.15, -0.1) is 24.0 Å². The highest BCUT2D eigenvalue weighted by atomic mass is 127. The first-order valence-electron chi connectivity index (χ1n) is 11.3. The Kier molecular flexibility index (Phi) is 14.1. The van der Waals surface area contributed by atoms with Gasteiger partial charge in [-0.25, -0.2) is 4.99 Å². The Morgan fingerprint density at radius 1 is 1.16 bits per heavy atom. The topological polar surface area (TPSA) is 84.4 Å². The van der Waals surface area contributed by atoms with Gasteiger partial charge in [-0.05, 0) is 57.2 Å². The molecule has 0 bridgehead atoms. The molecular weight excluding hydrogens is 523 g/mol. The molecule has 1 unspecified atom stereocenters. The summed E-state index contributed by atoms with van der Waals surface area (Å²) in [7, 11) is 3.46. The summed E-state index contributed by atoms with van der Waals surface area (Å²) in [6.45, 7) is 7.38. The highest BCUT2D eigenvalue weighted by molar-refractivity contribution is 14.0. The summed E-state index contributed by atoms with van der Waals surface area (Å²) in [5.74, 6) is 2.11. The molecule has 1 saturated heterocycles. The maximum Gasteiger partial charge on any atom is 0.243 e. The lowest BCUT2D eigenvalue weighted by atomic mass is 10.1. The molecule has 1 aromatic carbocycles. The predicted molar refractivity (Wildman–Crippen MR) is 138 cm³/mol. The summed E-state index contributed by atoms with van der Waals surface area (Å²) in [5, 5.41) is 6.66. The Morgan fingerprint density at radius 2 is 1.91 bits per heavy atom. The van der Waals surface area contributed by atoms with Gasteiger partial charge < -0.3 is 29.7 Å². The fourth-order valence-corrected chi connectivity index (χ4v) is 3.22. The third-order valence-electron chi connectivity index (χ3n) is 4.96. The van der Waals surface area contributed by atoms with E-state index in [1.165, 1.54) is 6.42 Å². The van der Waals surface area contributed by atoms with Crippen LogP contribution in [0.2, 0.25) is 0 Å². The van der Waals surface area contributed by atoms with E-state index in [-0.39, 0.29) is 42.5 Å². The number of hydrogen-bond donors (Lipinski definition) is 2. The fourth-order valence-electron chi connectivity index (χ4n) is 3.22. The summed E-state index contributed by atoms with van der Waals surface area (Å²) >= 11 is 0. The summed E-state index contributed by atoms with van der Waals surface area (Å²) < 4.78 is 17.1. The van der Waals surface area contributed by atoms with E-state index >= 15 is 0 Å². The SMILES string of the molecule is CCOc1ccc(CCNC(=NCC(=O)N(C)C)NCC2CCCCO2)cc1OCC.I. The van der Waals surface area contributed by atoms with Gasteiger partial charge in [0, 0.05) is 33.8 Å². The van der Waals surface area contributed by atoms with Crippen molar-refractivity contribution >= 4 is 35.8 Å². The number of halogens is 1. The molecule has 1 amide bonds. The minimum absolute atomic E-state index is 0. The average Bonchev–Trinajstić information content (AvgIpc) is 2.77. The van der Waals surface area contributed by atoms with E-state index in [0.717, 1.165) is 42.9 Å². The number of likely N-dealkylation sites (N-methyl/N-ethyl adjacent to an activating group) is 1. The van der Waals surface area contributed by atoms with Crippen LogP contribution in [0.4, 0.5) is 0 Å². The van der Waals surface area contributed by atoms with Crippen LogP contribution in [-0.2, 0) is 16.0 Å². The van der Waals surface area contributed by atoms with E-state index in [2.05, 4.69) is 15.6 Å². The fraction of sp³-hybridized carbons (Fsp3) is 0.652. The molecule has 1 aliphatic rings. The molecule has 182 valence electrons. The first-order chi connectivity index (χ1) is 15.0. The number of benzene rings is 1. The van der Waals surface area contributed by atoms with E-state index in [1.807, 2.05) is 32.0 Å². The second kappa shape index (κ2) is 16.0. The van der Waals surface area contributed by atoms with Crippen molar-refractivity contribution in [2.45, 2.75) is 45.6 Å². The molecule has 0 aromatic heterocycles. The maximum absolute atomic E-state index is 11.9. The molecule has 1 aromatic rings. The Bertz CT molecular complexity index is 709. The highest BCUT2D eigenvalue weighted by Crippen LogP contribution is 2.28. The van der Waals surface area contributed by atoms with Gasteiger partial charge in [0.25, 0.3) is 0 Å². The lowest BCUT2D eigenvalue weighted by Crippen LogP contribution is -2.43. The summed E-state index contributed by atoms with van der Waals surface area (Å²) in [6, 6.07) is 6.02. The van der Waals surface area contributed by atoms with Crippen molar-refractivity contribution < 1.29 is 19.0 Å². The predicted octanol–water partition coefficient (Wildman–Crippen LogP) is 2.84. The zero-order chi connectivity index (χ0) is 22.5. The lowest BCUT2D eigenvalue weighted by Gasteiger charge is -2.24. The molecule has 1 fully saturated rings. The molecule has 9 heteroatoms. The molecule has 0 aliphatic carbocycles. The van der Waals surface area contributed by atoms with Crippen molar-refractivity contribution in [1.29, 1.82) is 0 Å². The number of ether oxygens (including phenoxy) is 3. The van der Waals surface area contributed by atoms with E-state index in [0.29, 0.717) is 32.3 Å². The van der Waals surface area contributed by atoms with E-state index in [9.17, 15) is 4.79 Å². The lowest BCUT2D eigenvalue weighted by molar-refractivity contribution is -0.127. The quantitative estimate of drug-likeness (QED) is 0.245. The molecule has 0 saturated carbocycles. The van der Waals surface area contributed by atoms with Crippen LogP contribution in [-0.4, -0.2) is 76.4 Å². The Labute approximate surface area is 209 Å². The molecule has 0 spiro atoms. The van der Waals surface area contributed by atoms with Crippen LogP contribution in [0.1, 0.15) is 38.7 Å². The van der Waals surface area contributed by atoms with E-state index < -0.39 is 0 Å². The van der Waals surface area contributed by atoms with E-state index in [4.69, 9.17) is 14.2 Å². The van der Waals surface area contributed by atoms with Crippen LogP contribution < -0.4 is 20.1 Å². The van der Waals surface area contributed by atoms with Gasteiger partial charge >= 0.3 is 0 Å². The van der Waals surface area contributed by atoms with Crippen molar-refractivity contribution in [3.8, 4) is 11.5 Å². The normalized spacial score (nSPS) is 16.0. The van der Waals surface area contributed by atoms with Gasteiger partial charge in [0.1, 0.15) is 6.54 Å². The zero-order valence-corrected chi connectivity index (χ0v) is 22.1. The first-order valence-corrected chi connectivity index (χ1v) is 11.3. The third kappa shape index (κ3) is 10.2. The standard InChI is InChI=1S/C23H38N4O4.HI/c1-5-29-20-11-10-18(15-21(20)30-6-2)12-13-24-23(26-17-22(28)27(3)4)25-16-19-9-7-8-14-31-19;/h10-11,15,19H,5-9,12-14,16-17H2,1-4H3,(H2,24,25,26);1H. The summed E-state index contributed by atoms with van der Waals surface area (Å²) in [6.07, 6.45) is 4.33. The van der Waals surface area contributed by atoms with Gasteiger partial charge in [0.05, 0.1) is 19.3 Å². The number of guanidine groups is 1.